The SMILES string of the molecule is CC(=O)c1ccc(Br)cc1N(C)C1CCC1. The summed E-state index contributed by atoms with van der Waals surface area (Å²) >= 11 is 3.46. The Bertz CT molecular complexity index is 412. The molecule has 0 unspecified atom stereocenters. The summed E-state index contributed by atoms with van der Waals surface area (Å²) in [6, 6.07) is 6.47. The van der Waals surface area contributed by atoms with Crippen molar-refractivity contribution in [3.63, 3.8) is 0 Å². The van der Waals surface area contributed by atoms with Crippen molar-refractivity contribution in [3.05, 3.63) is 28.2 Å². The lowest BCUT2D eigenvalue weighted by molar-refractivity contribution is 0.101. The van der Waals surface area contributed by atoms with Crippen molar-refractivity contribution in [2.75, 3.05) is 11.9 Å². The molecule has 1 fully saturated rings. The average molecular weight is 282 g/mol. The first-order valence-electron chi connectivity index (χ1n) is 5.63. The van der Waals surface area contributed by atoms with Crippen molar-refractivity contribution in [2.45, 2.75) is 32.2 Å². The predicted molar refractivity (Wildman–Crippen MR) is 70.2 cm³/mol. The zero-order chi connectivity index (χ0) is 11.7. The van der Waals surface area contributed by atoms with E-state index in [0.29, 0.717) is 6.04 Å². The Morgan fingerprint density at radius 3 is 2.62 bits per heavy atom. The van der Waals surface area contributed by atoms with Crippen LogP contribution in [0.1, 0.15) is 36.5 Å². The highest BCUT2D eigenvalue weighted by atomic mass is 79.9. The van der Waals surface area contributed by atoms with E-state index in [-0.39, 0.29) is 5.78 Å². The molecule has 1 aromatic rings. The fourth-order valence-corrected chi connectivity index (χ4v) is 2.41. The number of hydrogen-bond acceptors (Lipinski definition) is 2. The van der Waals surface area contributed by atoms with Gasteiger partial charge >= 0.3 is 0 Å². The Morgan fingerprint density at radius 1 is 1.44 bits per heavy atom. The van der Waals surface area contributed by atoms with E-state index in [1.807, 2.05) is 18.2 Å². The highest BCUT2D eigenvalue weighted by Gasteiger charge is 2.24. The number of halogens is 1. The van der Waals surface area contributed by atoms with Crippen LogP contribution < -0.4 is 4.90 Å². The fraction of sp³-hybridized carbons (Fsp3) is 0.462. The van der Waals surface area contributed by atoms with Gasteiger partial charge in [0.15, 0.2) is 5.78 Å². The largest absolute Gasteiger partial charge is 0.371 e. The van der Waals surface area contributed by atoms with Crippen molar-refractivity contribution in [1.29, 1.82) is 0 Å². The number of hydrogen-bond donors (Lipinski definition) is 0. The maximum Gasteiger partial charge on any atom is 0.161 e. The van der Waals surface area contributed by atoms with Crippen molar-refractivity contribution in [3.8, 4) is 0 Å². The molecule has 1 aromatic carbocycles. The lowest BCUT2D eigenvalue weighted by Gasteiger charge is -2.37. The number of anilines is 1. The van der Waals surface area contributed by atoms with E-state index < -0.39 is 0 Å². The van der Waals surface area contributed by atoms with Crippen LogP contribution in [0.15, 0.2) is 22.7 Å². The molecule has 0 spiro atoms. The van der Waals surface area contributed by atoms with Crippen LogP contribution >= 0.6 is 15.9 Å². The van der Waals surface area contributed by atoms with Gasteiger partial charge in [-0.05, 0) is 44.4 Å². The summed E-state index contributed by atoms with van der Waals surface area (Å²) in [7, 11) is 2.08. The van der Waals surface area contributed by atoms with Crippen molar-refractivity contribution >= 4 is 27.4 Å². The van der Waals surface area contributed by atoms with Crippen LogP contribution in [0.3, 0.4) is 0 Å². The predicted octanol–water partition coefficient (Wildman–Crippen LogP) is 3.64. The normalized spacial score (nSPS) is 15.7. The van der Waals surface area contributed by atoms with Crippen LogP contribution in [-0.2, 0) is 0 Å². The standard InChI is InChI=1S/C13H16BrNO/c1-9(16)12-7-6-10(14)8-13(12)15(2)11-4-3-5-11/h6-8,11H,3-5H2,1-2H3. The Balaban J connectivity index is 2.36. The summed E-state index contributed by atoms with van der Waals surface area (Å²) < 4.78 is 1.03. The minimum atomic E-state index is 0.133. The topological polar surface area (TPSA) is 20.3 Å². The number of rotatable bonds is 3. The van der Waals surface area contributed by atoms with Crippen LogP contribution in [0.25, 0.3) is 0 Å². The zero-order valence-electron chi connectivity index (χ0n) is 9.66. The summed E-state index contributed by atoms with van der Waals surface area (Å²) in [5.74, 6) is 0.133. The van der Waals surface area contributed by atoms with Gasteiger partial charge in [0.05, 0.1) is 0 Å². The maximum absolute atomic E-state index is 11.6. The molecule has 0 atom stereocenters. The third-order valence-electron chi connectivity index (χ3n) is 3.34. The van der Waals surface area contributed by atoms with Gasteiger partial charge < -0.3 is 4.90 Å². The Kier molecular flexibility index (Phi) is 3.33. The molecule has 2 rings (SSSR count). The fourth-order valence-electron chi connectivity index (χ4n) is 2.07. The molecule has 3 heteroatoms. The van der Waals surface area contributed by atoms with Crippen LogP contribution in [0, 0.1) is 0 Å². The van der Waals surface area contributed by atoms with Crippen LogP contribution in [0.2, 0.25) is 0 Å². The van der Waals surface area contributed by atoms with E-state index in [9.17, 15) is 4.79 Å². The van der Waals surface area contributed by atoms with E-state index in [0.717, 1.165) is 15.7 Å². The van der Waals surface area contributed by atoms with Gasteiger partial charge in [0.1, 0.15) is 0 Å². The van der Waals surface area contributed by atoms with Gasteiger partial charge in [0, 0.05) is 28.8 Å². The second-order valence-corrected chi connectivity index (χ2v) is 5.33. The van der Waals surface area contributed by atoms with Gasteiger partial charge in [-0.2, -0.15) is 0 Å². The van der Waals surface area contributed by atoms with Crippen molar-refractivity contribution in [1.82, 2.24) is 0 Å². The minimum absolute atomic E-state index is 0.133. The quantitative estimate of drug-likeness (QED) is 0.789. The lowest BCUT2D eigenvalue weighted by Crippen LogP contribution is -2.37. The zero-order valence-corrected chi connectivity index (χ0v) is 11.3. The average Bonchev–Trinajstić information content (AvgIpc) is 2.14. The highest BCUT2D eigenvalue weighted by Crippen LogP contribution is 2.32. The van der Waals surface area contributed by atoms with E-state index >= 15 is 0 Å². The third-order valence-corrected chi connectivity index (χ3v) is 3.83. The van der Waals surface area contributed by atoms with E-state index in [1.165, 1.54) is 19.3 Å². The molecule has 0 saturated heterocycles. The Morgan fingerprint density at radius 2 is 2.12 bits per heavy atom. The highest BCUT2D eigenvalue weighted by molar-refractivity contribution is 9.10. The van der Waals surface area contributed by atoms with Crippen LogP contribution in [0.4, 0.5) is 5.69 Å². The monoisotopic (exact) mass is 281 g/mol. The number of benzene rings is 1. The molecule has 86 valence electrons. The van der Waals surface area contributed by atoms with Gasteiger partial charge in [-0.1, -0.05) is 15.9 Å². The van der Waals surface area contributed by atoms with E-state index in [2.05, 4.69) is 27.9 Å². The molecule has 0 bridgehead atoms. The molecule has 0 aliphatic heterocycles. The first-order valence-corrected chi connectivity index (χ1v) is 6.42. The molecule has 1 saturated carbocycles. The minimum Gasteiger partial charge on any atom is -0.371 e. The van der Waals surface area contributed by atoms with Gasteiger partial charge in [-0.25, -0.2) is 0 Å². The third kappa shape index (κ3) is 2.14. The molecule has 0 aromatic heterocycles. The second kappa shape index (κ2) is 4.58. The first-order chi connectivity index (χ1) is 7.59. The van der Waals surface area contributed by atoms with E-state index in [1.54, 1.807) is 6.92 Å². The Hall–Kier alpha value is -0.830. The summed E-state index contributed by atoms with van der Waals surface area (Å²) in [5, 5.41) is 0. The van der Waals surface area contributed by atoms with Gasteiger partial charge in [0.25, 0.3) is 0 Å². The van der Waals surface area contributed by atoms with E-state index in [4.69, 9.17) is 0 Å². The van der Waals surface area contributed by atoms with Crippen LogP contribution in [-0.4, -0.2) is 18.9 Å². The van der Waals surface area contributed by atoms with Gasteiger partial charge in [-0.3, -0.25) is 4.79 Å². The number of carbonyl (C=O) groups is 1. The number of carbonyl (C=O) groups excluding carboxylic acids is 1. The molecule has 1 aliphatic carbocycles. The molecular weight excluding hydrogens is 266 g/mol. The molecule has 0 N–H and O–H groups in total. The lowest BCUT2D eigenvalue weighted by atomic mass is 9.91. The Labute approximate surface area is 105 Å². The molecular formula is C13H16BrNO. The molecule has 16 heavy (non-hydrogen) atoms. The molecule has 0 heterocycles. The molecule has 2 nitrogen and oxygen atoms in total. The first kappa shape index (κ1) is 11.6. The number of ketones is 1. The summed E-state index contributed by atoms with van der Waals surface area (Å²) in [6.45, 7) is 1.63. The second-order valence-electron chi connectivity index (χ2n) is 4.41. The molecule has 1 aliphatic rings. The van der Waals surface area contributed by atoms with Gasteiger partial charge in [-0.15, -0.1) is 0 Å². The summed E-state index contributed by atoms with van der Waals surface area (Å²) in [4.78, 5) is 13.8. The van der Waals surface area contributed by atoms with Crippen molar-refractivity contribution in [2.24, 2.45) is 0 Å². The molecule has 0 radical (unpaired) electrons. The van der Waals surface area contributed by atoms with Crippen molar-refractivity contribution < 1.29 is 4.79 Å². The number of nitrogens with zero attached hydrogens (tertiary/aromatic N) is 1. The summed E-state index contributed by atoms with van der Waals surface area (Å²) in [6.07, 6.45) is 3.78. The summed E-state index contributed by atoms with van der Waals surface area (Å²) in [5.41, 5.74) is 1.86. The maximum atomic E-state index is 11.6. The number of Topliss-reactive ketones (excluding diaryl/α,β-unsaturated/α-hetero) is 1. The smallest absolute Gasteiger partial charge is 0.161 e. The molecule has 0 amide bonds. The van der Waals surface area contributed by atoms with Crippen LogP contribution in [0.5, 0.6) is 0 Å². The van der Waals surface area contributed by atoms with Gasteiger partial charge in [0.2, 0.25) is 0 Å².